The molecular weight excluding hydrogens is 206 g/mol. The molecule has 0 radical (unpaired) electrons. The summed E-state index contributed by atoms with van der Waals surface area (Å²) in [7, 11) is 0. The number of likely N-dealkylation sites (N-methyl/N-ethyl adjacent to an activating group) is 1. The minimum atomic E-state index is 0.0102. The van der Waals surface area contributed by atoms with Crippen LogP contribution in [0.15, 0.2) is 4.99 Å². The lowest BCUT2D eigenvalue weighted by molar-refractivity contribution is -0.129. The number of hydrogen-bond donors (Lipinski definition) is 3. The van der Waals surface area contributed by atoms with E-state index in [2.05, 4.69) is 15.7 Å². The first-order valence-corrected chi connectivity index (χ1v) is 5.72. The van der Waals surface area contributed by atoms with Gasteiger partial charge in [0, 0.05) is 19.6 Å². The molecule has 0 fully saturated rings. The fourth-order valence-corrected chi connectivity index (χ4v) is 1.22. The second-order valence-electron chi connectivity index (χ2n) is 3.30. The van der Waals surface area contributed by atoms with Crippen LogP contribution >= 0.6 is 0 Å². The molecule has 0 bridgehead atoms. The largest absolute Gasteiger partial charge is 0.355 e. The maximum absolute atomic E-state index is 11.6. The molecule has 0 spiro atoms. The van der Waals surface area contributed by atoms with Crippen LogP contribution in [0.5, 0.6) is 0 Å². The number of guanidine groups is 1. The van der Waals surface area contributed by atoms with Crippen molar-refractivity contribution in [3.05, 3.63) is 0 Å². The Hall–Kier alpha value is -1.30. The molecule has 1 amide bonds. The molecule has 0 saturated heterocycles. The van der Waals surface area contributed by atoms with Gasteiger partial charge in [0.15, 0.2) is 0 Å². The Morgan fingerprint density at radius 1 is 1.31 bits per heavy atom. The highest BCUT2D eigenvalue weighted by atomic mass is 16.2. The average Bonchev–Trinajstić information content (AvgIpc) is 2.31. The number of carbonyl (C=O) groups is 1. The monoisotopic (exact) mass is 229 g/mol. The number of carbonyl (C=O) groups excluding carboxylic acids is 1. The van der Waals surface area contributed by atoms with Crippen LogP contribution in [0.25, 0.3) is 0 Å². The van der Waals surface area contributed by atoms with Crippen LogP contribution in [0.1, 0.15) is 27.2 Å². The van der Waals surface area contributed by atoms with Gasteiger partial charge in [0.2, 0.25) is 11.9 Å². The van der Waals surface area contributed by atoms with Crippen molar-refractivity contribution in [2.45, 2.75) is 27.2 Å². The van der Waals surface area contributed by atoms with Crippen LogP contribution in [0.4, 0.5) is 0 Å². The Morgan fingerprint density at radius 3 is 2.38 bits per heavy atom. The zero-order valence-corrected chi connectivity index (χ0v) is 10.4. The Kier molecular flexibility index (Phi) is 8.24. The third kappa shape index (κ3) is 5.55. The van der Waals surface area contributed by atoms with Crippen molar-refractivity contribution < 1.29 is 4.79 Å². The Balaban J connectivity index is 4.14. The van der Waals surface area contributed by atoms with Gasteiger partial charge in [0.1, 0.15) is 6.54 Å². The molecule has 0 aromatic heterocycles. The standard InChI is InChI=1S/C10H23N5O/c1-4-7-12-10(14-11)13-8-9(16)15(5-2)6-3/h4-8,11H2,1-3H3,(H2,12,13,14). The lowest BCUT2D eigenvalue weighted by atomic mass is 10.4. The van der Waals surface area contributed by atoms with Gasteiger partial charge in [-0.25, -0.2) is 10.8 Å². The van der Waals surface area contributed by atoms with Gasteiger partial charge >= 0.3 is 0 Å². The van der Waals surface area contributed by atoms with Crippen LogP contribution < -0.4 is 16.6 Å². The number of rotatable bonds is 6. The smallest absolute Gasteiger partial charge is 0.244 e. The van der Waals surface area contributed by atoms with Crippen molar-refractivity contribution >= 4 is 11.9 Å². The topological polar surface area (TPSA) is 82.8 Å². The van der Waals surface area contributed by atoms with E-state index >= 15 is 0 Å². The SMILES string of the molecule is CCCNC(=NCC(=O)N(CC)CC)NN. The molecule has 0 aliphatic carbocycles. The van der Waals surface area contributed by atoms with Crippen LogP contribution in [0.2, 0.25) is 0 Å². The highest BCUT2D eigenvalue weighted by molar-refractivity contribution is 5.84. The summed E-state index contributed by atoms with van der Waals surface area (Å²) in [5.41, 5.74) is 2.44. The minimum Gasteiger partial charge on any atom is -0.355 e. The molecule has 0 aliphatic heterocycles. The molecule has 0 rings (SSSR count). The zero-order chi connectivity index (χ0) is 12.4. The second kappa shape index (κ2) is 8.96. The molecule has 0 aliphatic rings. The Labute approximate surface area is 97.3 Å². The first-order chi connectivity index (χ1) is 7.69. The number of nitrogens with one attached hydrogen (secondary N) is 2. The summed E-state index contributed by atoms with van der Waals surface area (Å²) in [6, 6.07) is 0. The molecule has 0 saturated carbocycles. The Bertz CT molecular complexity index is 225. The number of nitrogens with zero attached hydrogens (tertiary/aromatic N) is 2. The van der Waals surface area contributed by atoms with E-state index in [1.54, 1.807) is 4.90 Å². The van der Waals surface area contributed by atoms with Crippen molar-refractivity contribution in [2.75, 3.05) is 26.2 Å². The zero-order valence-electron chi connectivity index (χ0n) is 10.4. The van der Waals surface area contributed by atoms with Crippen molar-refractivity contribution in [3.8, 4) is 0 Å². The molecule has 0 unspecified atom stereocenters. The highest BCUT2D eigenvalue weighted by Crippen LogP contribution is 1.89. The average molecular weight is 229 g/mol. The molecule has 94 valence electrons. The highest BCUT2D eigenvalue weighted by Gasteiger charge is 2.08. The lowest BCUT2D eigenvalue weighted by Crippen LogP contribution is -2.43. The maximum atomic E-state index is 11.6. The summed E-state index contributed by atoms with van der Waals surface area (Å²) in [6.07, 6.45) is 0.977. The van der Waals surface area contributed by atoms with E-state index in [9.17, 15) is 4.79 Å². The molecule has 4 N–H and O–H groups in total. The molecule has 16 heavy (non-hydrogen) atoms. The molecule has 0 aromatic rings. The van der Waals surface area contributed by atoms with Crippen molar-refractivity contribution in [1.82, 2.24) is 15.6 Å². The summed E-state index contributed by atoms with van der Waals surface area (Å²) >= 11 is 0. The normalized spacial score (nSPS) is 11.1. The third-order valence-corrected chi connectivity index (χ3v) is 2.17. The third-order valence-electron chi connectivity index (χ3n) is 2.17. The lowest BCUT2D eigenvalue weighted by Gasteiger charge is -2.17. The first-order valence-electron chi connectivity index (χ1n) is 5.72. The summed E-state index contributed by atoms with van der Waals surface area (Å²) in [5.74, 6) is 5.74. The Morgan fingerprint density at radius 2 is 1.94 bits per heavy atom. The van der Waals surface area contributed by atoms with E-state index in [0.29, 0.717) is 19.0 Å². The summed E-state index contributed by atoms with van der Waals surface area (Å²) in [6.45, 7) is 8.25. The van der Waals surface area contributed by atoms with E-state index < -0.39 is 0 Å². The summed E-state index contributed by atoms with van der Waals surface area (Å²) in [4.78, 5) is 17.4. The first kappa shape index (κ1) is 14.7. The van der Waals surface area contributed by atoms with Gasteiger partial charge in [-0.05, 0) is 20.3 Å². The van der Waals surface area contributed by atoms with Crippen LogP contribution in [0, 0.1) is 0 Å². The van der Waals surface area contributed by atoms with Gasteiger partial charge in [0.25, 0.3) is 0 Å². The van der Waals surface area contributed by atoms with Gasteiger partial charge in [-0.2, -0.15) is 0 Å². The van der Waals surface area contributed by atoms with Gasteiger partial charge in [-0.15, -0.1) is 0 Å². The van der Waals surface area contributed by atoms with E-state index in [4.69, 9.17) is 5.84 Å². The summed E-state index contributed by atoms with van der Waals surface area (Å²) < 4.78 is 0. The molecule has 6 heteroatoms. The number of hydrazine groups is 1. The van der Waals surface area contributed by atoms with E-state index in [0.717, 1.165) is 13.0 Å². The van der Waals surface area contributed by atoms with E-state index in [1.165, 1.54) is 0 Å². The fraction of sp³-hybridized carbons (Fsp3) is 0.800. The van der Waals surface area contributed by atoms with Gasteiger partial charge in [-0.3, -0.25) is 10.2 Å². The van der Waals surface area contributed by atoms with E-state index in [-0.39, 0.29) is 12.5 Å². The molecule has 6 nitrogen and oxygen atoms in total. The quantitative estimate of drug-likeness (QED) is 0.252. The molecule has 0 atom stereocenters. The predicted octanol–water partition coefficient (Wildman–Crippen LogP) is -0.326. The van der Waals surface area contributed by atoms with Crippen LogP contribution in [-0.4, -0.2) is 42.9 Å². The molecule has 0 aromatic carbocycles. The van der Waals surface area contributed by atoms with Gasteiger partial charge in [-0.1, -0.05) is 6.92 Å². The van der Waals surface area contributed by atoms with Crippen LogP contribution in [0.3, 0.4) is 0 Å². The van der Waals surface area contributed by atoms with Crippen molar-refractivity contribution in [1.29, 1.82) is 0 Å². The number of nitrogens with two attached hydrogens (primary N) is 1. The fourth-order valence-electron chi connectivity index (χ4n) is 1.22. The van der Waals surface area contributed by atoms with Gasteiger partial charge < -0.3 is 10.2 Å². The number of hydrogen-bond acceptors (Lipinski definition) is 3. The van der Waals surface area contributed by atoms with Crippen LogP contribution in [-0.2, 0) is 4.79 Å². The summed E-state index contributed by atoms with van der Waals surface area (Å²) in [5, 5.41) is 2.99. The van der Waals surface area contributed by atoms with Crippen molar-refractivity contribution in [3.63, 3.8) is 0 Å². The maximum Gasteiger partial charge on any atom is 0.244 e. The van der Waals surface area contributed by atoms with Crippen molar-refractivity contribution in [2.24, 2.45) is 10.8 Å². The van der Waals surface area contributed by atoms with Gasteiger partial charge in [0.05, 0.1) is 0 Å². The molecular formula is C10H23N5O. The second-order valence-corrected chi connectivity index (χ2v) is 3.30. The van der Waals surface area contributed by atoms with E-state index in [1.807, 2.05) is 20.8 Å². The number of amides is 1. The number of aliphatic imine (C=N–C) groups is 1. The molecule has 0 heterocycles. The minimum absolute atomic E-state index is 0.0102. The predicted molar refractivity (Wildman–Crippen MR) is 65.8 cm³/mol.